The maximum Gasteiger partial charge on any atom is 0.179 e. The fourth-order valence-electron chi connectivity index (χ4n) is 0.857. The van der Waals surface area contributed by atoms with Crippen molar-refractivity contribution in [3.05, 3.63) is 29.0 Å². The van der Waals surface area contributed by atoms with Gasteiger partial charge in [0.15, 0.2) is 6.73 Å². The molecule has 2 heterocycles. The predicted octanol–water partition coefficient (Wildman–Crippen LogP) is -0.573. The number of pyridine rings is 1. The summed E-state index contributed by atoms with van der Waals surface area (Å²) in [6, 6.07) is 3.78. The average molecular weight is 134 g/mol. The summed E-state index contributed by atoms with van der Waals surface area (Å²) in [5.41, 5.74) is 0. The quantitative estimate of drug-likeness (QED) is 0.476. The molecule has 1 aliphatic rings. The molecule has 0 aliphatic carbocycles. The van der Waals surface area contributed by atoms with E-state index in [0.717, 1.165) is 10.7 Å². The molecule has 0 radical (unpaired) electrons. The number of hydrogen-bond donors (Lipinski definition) is 0. The third kappa shape index (κ3) is 0.757. The molecule has 0 N–H and O–H groups in total. The molecule has 3 nitrogen and oxygen atoms in total. The number of nitrogens with zero attached hydrogens (tertiary/aromatic N) is 2. The molecule has 10 heavy (non-hydrogen) atoms. The van der Waals surface area contributed by atoms with Gasteiger partial charge >= 0.3 is 0 Å². The molecule has 1 aromatic heterocycles. The minimum atomic E-state index is 0.415. The van der Waals surface area contributed by atoms with E-state index in [0.29, 0.717) is 6.73 Å². The van der Waals surface area contributed by atoms with Crippen molar-refractivity contribution in [2.45, 2.75) is 0 Å². The van der Waals surface area contributed by atoms with Gasteiger partial charge in [-0.2, -0.15) is 0 Å². The predicted molar refractivity (Wildman–Crippen MR) is 35.4 cm³/mol. The molecule has 0 saturated heterocycles. The van der Waals surface area contributed by atoms with Gasteiger partial charge in [-0.15, -0.1) is 0 Å². The number of aromatic nitrogens is 1. The third-order valence-electron chi connectivity index (χ3n) is 1.32. The Morgan fingerprint density at radius 3 is 3.40 bits per heavy atom. The number of rotatable bonds is 0. The van der Waals surface area contributed by atoms with Gasteiger partial charge in [-0.05, 0) is 12.1 Å². The van der Waals surface area contributed by atoms with Gasteiger partial charge in [0.1, 0.15) is 11.6 Å². The summed E-state index contributed by atoms with van der Waals surface area (Å²) in [4.78, 5) is 8.12. The largest absolute Gasteiger partial charge is 0.477 e. The van der Waals surface area contributed by atoms with Crippen LogP contribution in [0.1, 0.15) is 0 Å². The van der Waals surface area contributed by atoms with Crippen molar-refractivity contribution in [2.75, 3.05) is 6.73 Å². The third-order valence-corrected chi connectivity index (χ3v) is 1.32. The summed E-state index contributed by atoms with van der Waals surface area (Å²) in [6.45, 7) is 0.415. The Morgan fingerprint density at radius 1 is 1.50 bits per heavy atom. The molecule has 1 aliphatic heterocycles. The van der Waals surface area contributed by atoms with Crippen LogP contribution in [0.15, 0.2) is 23.3 Å². The fraction of sp³-hybridized carbons (Fsp3) is 0.143. The lowest BCUT2D eigenvalue weighted by molar-refractivity contribution is 0.294. The van der Waals surface area contributed by atoms with Crippen LogP contribution in [0.4, 0.5) is 0 Å². The van der Waals surface area contributed by atoms with E-state index in [2.05, 4.69) is 9.98 Å². The van der Waals surface area contributed by atoms with Crippen LogP contribution in [0.2, 0.25) is 0 Å². The van der Waals surface area contributed by atoms with Crippen molar-refractivity contribution in [2.24, 2.45) is 4.99 Å². The summed E-state index contributed by atoms with van der Waals surface area (Å²) < 4.78 is 4.94. The van der Waals surface area contributed by atoms with E-state index in [1.165, 1.54) is 0 Å². The van der Waals surface area contributed by atoms with Gasteiger partial charge in [0.25, 0.3) is 0 Å². The summed E-state index contributed by atoms with van der Waals surface area (Å²) in [5.74, 6) is 0. The Labute approximate surface area is 57.7 Å². The van der Waals surface area contributed by atoms with E-state index in [-0.39, 0.29) is 0 Å². The Balaban J connectivity index is 2.84. The Bertz CT molecular complexity index is 310. The topological polar surface area (TPSA) is 34.5 Å². The molecule has 0 saturated carbocycles. The molecule has 0 fully saturated rings. The SMILES string of the molecule is C1=c2ncccc2=NCO1. The molecule has 2 rings (SSSR count). The van der Waals surface area contributed by atoms with Crippen molar-refractivity contribution in [3.8, 4) is 0 Å². The zero-order chi connectivity index (χ0) is 6.81. The van der Waals surface area contributed by atoms with E-state index in [4.69, 9.17) is 4.74 Å². The second-order valence-electron chi connectivity index (χ2n) is 1.98. The standard InChI is InChI=1S/C7H6N2O/c1-2-6-7(8-3-1)4-10-5-9-6/h1-4H,5H2. The van der Waals surface area contributed by atoms with Gasteiger partial charge in [-0.25, -0.2) is 4.99 Å². The highest BCUT2D eigenvalue weighted by atomic mass is 16.5. The monoisotopic (exact) mass is 134 g/mol. The summed E-state index contributed by atoms with van der Waals surface area (Å²) in [6.07, 6.45) is 3.35. The Kier molecular flexibility index (Phi) is 1.13. The van der Waals surface area contributed by atoms with E-state index >= 15 is 0 Å². The molecule has 0 unspecified atom stereocenters. The van der Waals surface area contributed by atoms with Crippen molar-refractivity contribution in [1.29, 1.82) is 0 Å². The van der Waals surface area contributed by atoms with Crippen molar-refractivity contribution < 1.29 is 4.74 Å². The zero-order valence-electron chi connectivity index (χ0n) is 5.32. The highest BCUT2D eigenvalue weighted by Gasteiger charge is 1.91. The summed E-state index contributed by atoms with van der Waals surface area (Å²) in [5, 5.41) is 1.72. The minimum Gasteiger partial charge on any atom is -0.477 e. The van der Waals surface area contributed by atoms with Crippen molar-refractivity contribution >= 4 is 6.26 Å². The second-order valence-corrected chi connectivity index (χ2v) is 1.98. The van der Waals surface area contributed by atoms with Crippen molar-refractivity contribution in [3.63, 3.8) is 0 Å². The van der Waals surface area contributed by atoms with E-state index < -0.39 is 0 Å². The maximum atomic E-state index is 4.94. The maximum absolute atomic E-state index is 4.94. The average Bonchev–Trinajstić information content (AvgIpc) is 2.05. The van der Waals surface area contributed by atoms with E-state index in [1.54, 1.807) is 12.5 Å². The van der Waals surface area contributed by atoms with Crippen LogP contribution in [0.5, 0.6) is 0 Å². The van der Waals surface area contributed by atoms with Crippen LogP contribution in [0.25, 0.3) is 6.26 Å². The van der Waals surface area contributed by atoms with E-state index in [9.17, 15) is 0 Å². The van der Waals surface area contributed by atoms with Crippen LogP contribution >= 0.6 is 0 Å². The van der Waals surface area contributed by atoms with Crippen molar-refractivity contribution in [1.82, 2.24) is 4.98 Å². The first-order chi connectivity index (χ1) is 4.97. The van der Waals surface area contributed by atoms with E-state index in [1.807, 2.05) is 12.1 Å². The highest BCUT2D eigenvalue weighted by Crippen LogP contribution is 1.78. The molecule has 50 valence electrons. The fourth-order valence-corrected chi connectivity index (χ4v) is 0.857. The van der Waals surface area contributed by atoms with Gasteiger partial charge in [-0.1, -0.05) is 0 Å². The van der Waals surface area contributed by atoms with Crippen LogP contribution in [-0.4, -0.2) is 11.7 Å². The molecule has 0 amide bonds. The first-order valence-electron chi connectivity index (χ1n) is 3.04. The van der Waals surface area contributed by atoms with Gasteiger partial charge in [0.05, 0.1) is 5.36 Å². The lowest BCUT2D eigenvalue weighted by atomic mass is 10.4. The molecule has 0 spiro atoms. The zero-order valence-corrected chi connectivity index (χ0v) is 5.32. The number of ether oxygens (including phenoxy) is 1. The second kappa shape index (κ2) is 2.10. The normalized spacial score (nSPS) is 14.0. The van der Waals surface area contributed by atoms with Gasteiger partial charge < -0.3 is 4.74 Å². The number of hydrogen-bond acceptors (Lipinski definition) is 3. The minimum absolute atomic E-state index is 0.415. The van der Waals surface area contributed by atoms with Gasteiger partial charge in [0.2, 0.25) is 0 Å². The number of fused-ring (bicyclic) bond motifs is 1. The molecule has 0 atom stereocenters. The molecule has 0 bridgehead atoms. The molecule has 3 heteroatoms. The van der Waals surface area contributed by atoms with Crippen LogP contribution in [0.3, 0.4) is 0 Å². The lowest BCUT2D eigenvalue weighted by Gasteiger charge is -1.98. The molecule has 1 aromatic rings. The smallest absolute Gasteiger partial charge is 0.179 e. The van der Waals surface area contributed by atoms with Gasteiger partial charge in [0, 0.05) is 6.20 Å². The molecule has 0 aromatic carbocycles. The first kappa shape index (κ1) is 5.41. The van der Waals surface area contributed by atoms with Crippen LogP contribution in [-0.2, 0) is 4.74 Å². The van der Waals surface area contributed by atoms with Crippen LogP contribution in [0, 0.1) is 0 Å². The van der Waals surface area contributed by atoms with Gasteiger partial charge in [-0.3, -0.25) is 4.98 Å². The lowest BCUT2D eigenvalue weighted by Crippen LogP contribution is -2.31. The Hall–Kier alpha value is -1.38. The summed E-state index contributed by atoms with van der Waals surface area (Å²) >= 11 is 0. The molecular weight excluding hydrogens is 128 g/mol. The Morgan fingerprint density at radius 2 is 2.50 bits per heavy atom. The highest BCUT2D eigenvalue weighted by molar-refractivity contribution is 5.11. The molecular formula is C7H6N2O. The summed E-state index contributed by atoms with van der Waals surface area (Å²) in [7, 11) is 0. The van der Waals surface area contributed by atoms with Crippen LogP contribution < -0.4 is 10.7 Å². The first-order valence-corrected chi connectivity index (χ1v) is 3.04.